The molecule has 0 saturated heterocycles. The summed E-state index contributed by atoms with van der Waals surface area (Å²) in [5.74, 6) is 0.668. The zero-order chi connectivity index (χ0) is 12.8. The van der Waals surface area contributed by atoms with Crippen molar-refractivity contribution >= 4 is 24.0 Å². The molecule has 0 aliphatic heterocycles. The van der Waals surface area contributed by atoms with Crippen LogP contribution in [0.3, 0.4) is 0 Å². The maximum atomic E-state index is 11.9. The molecule has 1 heterocycles. The molecule has 1 fully saturated rings. The Morgan fingerprint density at radius 3 is 2.79 bits per heavy atom. The van der Waals surface area contributed by atoms with Crippen LogP contribution in [0.15, 0.2) is 18.5 Å². The third-order valence-electron chi connectivity index (χ3n) is 3.66. The fraction of sp³-hybridized carbons (Fsp3) is 0.571. The molecule has 1 amide bonds. The van der Waals surface area contributed by atoms with Crippen molar-refractivity contribution in [2.75, 3.05) is 12.3 Å². The molecule has 1 saturated carbocycles. The summed E-state index contributed by atoms with van der Waals surface area (Å²) in [5.41, 5.74) is 6.69. The number of amides is 1. The molecule has 0 spiro atoms. The first kappa shape index (κ1) is 15.8. The van der Waals surface area contributed by atoms with E-state index in [1.807, 2.05) is 0 Å². The number of aromatic nitrogens is 1. The molecule has 1 aromatic rings. The number of carbonyl (C=O) groups excluding carboxylic acids is 1. The van der Waals surface area contributed by atoms with Gasteiger partial charge in [-0.1, -0.05) is 32.1 Å². The first-order chi connectivity index (χ1) is 8.77. The maximum absolute atomic E-state index is 11.9. The van der Waals surface area contributed by atoms with Crippen LogP contribution in [0.5, 0.6) is 0 Å². The number of hydrogen-bond acceptors (Lipinski definition) is 3. The van der Waals surface area contributed by atoms with Gasteiger partial charge in [-0.2, -0.15) is 0 Å². The van der Waals surface area contributed by atoms with Crippen LogP contribution in [0, 0.1) is 5.92 Å². The second-order valence-corrected chi connectivity index (χ2v) is 5.01. The molecule has 1 aromatic heterocycles. The van der Waals surface area contributed by atoms with Gasteiger partial charge in [-0.15, -0.1) is 12.4 Å². The molecule has 0 radical (unpaired) electrons. The van der Waals surface area contributed by atoms with Gasteiger partial charge in [0.05, 0.1) is 5.56 Å². The van der Waals surface area contributed by atoms with Crippen molar-refractivity contribution in [2.45, 2.75) is 38.5 Å². The Morgan fingerprint density at radius 2 is 2.11 bits per heavy atom. The van der Waals surface area contributed by atoms with E-state index in [4.69, 9.17) is 5.73 Å². The highest BCUT2D eigenvalue weighted by molar-refractivity contribution is 5.98. The lowest BCUT2D eigenvalue weighted by Crippen LogP contribution is -2.27. The predicted molar refractivity (Wildman–Crippen MR) is 79.4 cm³/mol. The minimum Gasteiger partial charge on any atom is -0.398 e. The molecule has 0 bridgehead atoms. The summed E-state index contributed by atoms with van der Waals surface area (Å²) < 4.78 is 0. The van der Waals surface area contributed by atoms with E-state index in [-0.39, 0.29) is 18.3 Å². The Kier molecular flexibility index (Phi) is 6.64. The van der Waals surface area contributed by atoms with Gasteiger partial charge >= 0.3 is 0 Å². The summed E-state index contributed by atoms with van der Waals surface area (Å²) in [7, 11) is 0. The molecule has 0 unspecified atom stereocenters. The monoisotopic (exact) mass is 283 g/mol. The molecule has 1 aliphatic rings. The van der Waals surface area contributed by atoms with Gasteiger partial charge in [0.2, 0.25) is 0 Å². The number of hydrogen-bond donors (Lipinski definition) is 2. The van der Waals surface area contributed by atoms with E-state index >= 15 is 0 Å². The summed E-state index contributed by atoms with van der Waals surface area (Å²) in [6, 6.07) is 1.65. The molecule has 5 heteroatoms. The van der Waals surface area contributed by atoms with Gasteiger partial charge in [0.1, 0.15) is 0 Å². The SMILES string of the molecule is Cl.Nc1ccncc1C(=O)NCCC1CCCCC1. The van der Waals surface area contributed by atoms with Crippen molar-refractivity contribution in [1.82, 2.24) is 10.3 Å². The average molecular weight is 284 g/mol. The number of halogens is 1. The molecule has 2 rings (SSSR count). The summed E-state index contributed by atoms with van der Waals surface area (Å²) in [4.78, 5) is 15.8. The van der Waals surface area contributed by atoms with Gasteiger partial charge in [0.25, 0.3) is 5.91 Å². The van der Waals surface area contributed by atoms with E-state index in [1.165, 1.54) is 38.3 Å². The lowest BCUT2D eigenvalue weighted by Gasteiger charge is -2.21. The number of rotatable bonds is 4. The fourth-order valence-electron chi connectivity index (χ4n) is 2.56. The van der Waals surface area contributed by atoms with Crippen LogP contribution >= 0.6 is 12.4 Å². The van der Waals surface area contributed by atoms with Gasteiger partial charge < -0.3 is 11.1 Å². The van der Waals surface area contributed by atoms with E-state index in [0.29, 0.717) is 11.3 Å². The van der Waals surface area contributed by atoms with Crippen molar-refractivity contribution in [2.24, 2.45) is 5.92 Å². The number of nitrogens with zero attached hydrogens (tertiary/aromatic N) is 1. The fourth-order valence-corrected chi connectivity index (χ4v) is 2.56. The van der Waals surface area contributed by atoms with E-state index in [0.717, 1.165) is 18.9 Å². The lowest BCUT2D eigenvalue weighted by atomic mass is 9.87. The van der Waals surface area contributed by atoms with E-state index in [1.54, 1.807) is 12.3 Å². The quantitative estimate of drug-likeness (QED) is 0.893. The van der Waals surface area contributed by atoms with E-state index in [2.05, 4.69) is 10.3 Å². The van der Waals surface area contributed by atoms with Crippen LogP contribution in [0.2, 0.25) is 0 Å². The third kappa shape index (κ3) is 4.71. The topological polar surface area (TPSA) is 68.0 Å². The van der Waals surface area contributed by atoms with Crippen LogP contribution in [0.1, 0.15) is 48.9 Å². The number of nitrogen functional groups attached to an aromatic ring is 1. The van der Waals surface area contributed by atoms with Crippen molar-refractivity contribution < 1.29 is 4.79 Å². The Bertz CT molecular complexity index is 405. The van der Waals surface area contributed by atoms with Crippen LogP contribution < -0.4 is 11.1 Å². The zero-order valence-electron chi connectivity index (χ0n) is 11.1. The van der Waals surface area contributed by atoms with Crippen molar-refractivity contribution in [3.8, 4) is 0 Å². The van der Waals surface area contributed by atoms with Crippen LogP contribution in [-0.4, -0.2) is 17.4 Å². The first-order valence-electron chi connectivity index (χ1n) is 6.75. The molecule has 106 valence electrons. The summed E-state index contributed by atoms with van der Waals surface area (Å²) >= 11 is 0. The van der Waals surface area contributed by atoms with Gasteiger partial charge in [-0.3, -0.25) is 9.78 Å². The van der Waals surface area contributed by atoms with E-state index in [9.17, 15) is 4.79 Å². The van der Waals surface area contributed by atoms with Gasteiger partial charge in [-0.25, -0.2) is 0 Å². The minimum absolute atomic E-state index is 0. The second kappa shape index (κ2) is 8.00. The van der Waals surface area contributed by atoms with Crippen LogP contribution in [0.25, 0.3) is 0 Å². The smallest absolute Gasteiger partial charge is 0.254 e. The first-order valence-corrected chi connectivity index (χ1v) is 6.75. The Balaban J connectivity index is 0.00000180. The predicted octanol–water partition coefficient (Wildman–Crippen LogP) is 2.79. The number of pyridine rings is 1. The average Bonchev–Trinajstić information content (AvgIpc) is 2.40. The molecule has 0 aromatic carbocycles. The van der Waals surface area contributed by atoms with Crippen molar-refractivity contribution in [1.29, 1.82) is 0 Å². The van der Waals surface area contributed by atoms with Crippen LogP contribution in [-0.2, 0) is 0 Å². The number of nitrogens with one attached hydrogen (secondary N) is 1. The standard InChI is InChI=1S/C14H21N3O.ClH/c15-13-7-8-16-10-12(13)14(18)17-9-6-11-4-2-1-3-5-11;/h7-8,10-11H,1-6,9H2,(H2,15,16)(H,17,18);1H. The number of anilines is 1. The molecular formula is C14H22ClN3O. The lowest BCUT2D eigenvalue weighted by molar-refractivity contribution is 0.0951. The largest absolute Gasteiger partial charge is 0.398 e. The van der Waals surface area contributed by atoms with Gasteiger partial charge in [0, 0.05) is 24.6 Å². The van der Waals surface area contributed by atoms with Crippen molar-refractivity contribution in [3.05, 3.63) is 24.0 Å². The summed E-state index contributed by atoms with van der Waals surface area (Å²) in [6.45, 7) is 0.734. The number of nitrogens with two attached hydrogens (primary N) is 1. The molecule has 1 aliphatic carbocycles. The molecule has 0 atom stereocenters. The Hall–Kier alpha value is -1.29. The molecular weight excluding hydrogens is 262 g/mol. The summed E-state index contributed by atoms with van der Waals surface area (Å²) in [5, 5.41) is 2.93. The molecule has 19 heavy (non-hydrogen) atoms. The molecule has 4 nitrogen and oxygen atoms in total. The maximum Gasteiger partial charge on any atom is 0.254 e. The zero-order valence-corrected chi connectivity index (χ0v) is 11.9. The van der Waals surface area contributed by atoms with Crippen molar-refractivity contribution in [3.63, 3.8) is 0 Å². The highest BCUT2D eigenvalue weighted by Gasteiger charge is 2.14. The third-order valence-corrected chi connectivity index (χ3v) is 3.66. The normalized spacial score (nSPS) is 15.6. The number of carbonyl (C=O) groups is 1. The van der Waals surface area contributed by atoms with Crippen LogP contribution in [0.4, 0.5) is 5.69 Å². The van der Waals surface area contributed by atoms with Gasteiger partial charge in [0.15, 0.2) is 0 Å². The second-order valence-electron chi connectivity index (χ2n) is 5.01. The summed E-state index contributed by atoms with van der Waals surface area (Å²) in [6.07, 6.45) is 10.9. The molecule has 3 N–H and O–H groups in total. The Labute approximate surface area is 120 Å². The minimum atomic E-state index is -0.114. The van der Waals surface area contributed by atoms with Gasteiger partial charge in [-0.05, 0) is 18.4 Å². The Morgan fingerprint density at radius 1 is 1.37 bits per heavy atom. The van der Waals surface area contributed by atoms with E-state index < -0.39 is 0 Å². The highest BCUT2D eigenvalue weighted by atomic mass is 35.5. The highest BCUT2D eigenvalue weighted by Crippen LogP contribution is 2.25.